The summed E-state index contributed by atoms with van der Waals surface area (Å²) in [6, 6.07) is 0. The highest BCUT2D eigenvalue weighted by atomic mass is 32.2. The molecule has 1 aliphatic rings. The normalized spacial score (nSPS) is 25.2. The van der Waals surface area contributed by atoms with Crippen LogP contribution in [0, 0.1) is 11.8 Å². The molecule has 0 aromatic carbocycles. The van der Waals surface area contributed by atoms with Gasteiger partial charge < -0.3 is 10.7 Å². The van der Waals surface area contributed by atoms with Crippen LogP contribution >= 0.6 is 0 Å². The van der Waals surface area contributed by atoms with E-state index in [-0.39, 0.29) is 5.03 Å². The van der Waals surface area contributed by atoms with E-state index in [4.69, 9.17) is 5.73 Å². The molecule has 1 saturated carbocycles. The van der Waals surface area contributed by atoms with Gasteiger partial charge in [0.05, 0.1) is 12.5 Å². The Morgan fingerprint density at radius 2 is 2.11 bits per heavy atom. The number of nitrogens with two attached hydrogens (primary N) is 1. The number of hydrogen-bond acceptors (Lipinski definition) is 4. The minimum Gasteiger partial charge on any atom is -0.335 e. The van der Waals surface area contributed by atoms with Crippen LogP contribution in [0.1, 0.15) is 25.7 Å². The van der Waals surface area contributed by atoms with Crippen molar-refractivity contribution in [3.8, 4) is 0 Å². The molecular formula is C11H20N4O2S. The van der Waals surface area contributed by atoms with Crippen molar-refractivity contribution in [1.82, 2.24) is 14.7 Å². The molecule has 102 valence electrons. The van der Waals surface area contributed by atoms with Crippen LogP contribution in [0.25, 0.3) is 0 Å². The summed E-state index contributed by atoms with van der Waals surface area (Å²) in [6.07, 6.45) is 7.18. The smallest absolute Gasteiger partial charge is 0.257 e. The third-order valence-corrected chi connectivity index (χ3v) is 5.02. The van der Waals surface area contributed by atoms with Crippen LogP contribution in [0.3, 0.4) is 0 Å². The Morgan fingerprint density at radius 3 is 2.72 bits per heavy atom. The van der Waals surface area contributed by atoms with E-state index in [2.05, 4.69) is 14.7 Å². The van der Waals surface area contributed by atoms with Crippen LogP contribution in [0.15, 0.2) is 17.6 Å². The molecule has 2 atom stereocenters. The molecule has 0 saturated heterocycles. The number of hydrogen-bond donors (Lipinski definition) is 3. The fourth-order valence-electron chi connectivity index (χ4n) is 2.55. The number of H-pyrrole nitrogens is 1. The van der Waals surface area contributed by atoms with Crippen molar-refractivity contribution < 1.29 is 8.42 Å². The van der Waals surface area contributed by atoms with Gasteiger partial charge in [-0.1, -0.05) is 12.8 Å². The monoisotopic (exact) mass is 272 g/mol. The molecule has 2 unspecified atom stereocenters. The Kier molecular flexibility index (Phi) is 4.36. The number of nitrogens with zero attached hydrogens (tertiary/aromatic N) is 1. The van der Waals surface area contributed by atoms with Crippen molar-refractivity contribution in [2.45, 2.75) is 30.7 Å². The maximum absolute atomic E-state index is 11.9. The Morgan fingerprint density at radius 1 is 1.39 bits per heavy atom. The van der Waals surface area contributed by atoms with E-state index >= 15 is 0 Å². The van der Waals surface area contributed by atoms with Gasteiger partial charge in [0.15, 0.2) is 5.03 Å². The van der Waals surface area contributed by atoms with Gasteiger partial charge in [0.1, 0.15) is 0 Å². The predicted molar refractivity (Wildman–Crippen MR) is 68.3 cm³/mol. The van der Waals surface area contributed by atoms with Gasteiger partial charge in [0.2, 0.25) is 0 Å². The number of nitrogens with one attached hydrogen (secondary N) is 2. The molecule has 2 rings (SSSR count). The summed E-state index contributed by atoms with van der Waals surface area (Å²) >= 11 is 0. The molecule has 1 fully saturated rings. The Bertz CT molecular complexity index is 457. The first kappa shape index (κ1) is 13.5. The second-order valence-electron chi connectivity index (χ2n) is 4.81. The lowest BCUT2D eigenvalue weighted by molar-refractivity contribution is 0.244. The molecule has 7 heteroatoms. The first-order chi connectivity index (χ1) is 8.63. The summed E-state index contributed by atoms with van der Waals surface area (Å²) < 4.78 is 26.5. The highest BCUT2D eigenvalue weighted by Crippen LogP contribution is 2.28. The minimum absolute atomic E-state index is 0.114. The van der Waals surface area contributed by atoms with Gasteiger partial charge in [-0.05, 0) is 31.2 Å². The van der Waals surface area contributed by atoms with Gasteiger partial charge in [0, 0.05) is 6.54 Å². The van der Waals surface area contributed by atoms with Crippen molar-refractivity contribution in [3.05, 3.63) is 12.5 Å². The topological polar surface area (TPSA) is 101 Å². The second kappa shape index (κ2) is 5.81. The molecule has 1 aromatic heterocycles. The number of aromatic nitrogens is 2. The van der Waals surface area contributed by atoms with E-state index in [9.17, 15) is 8.42 Å². The highest BCUT2D eigenvalue weighted by Gasteiger charge is 2.26. The summed E-state index contributed by atoms with van der Waals surface area (Å²) in [7, 11) is -3.46. The molecule has 1 aliphatic carbocycles. The van der Waals surface area contributed by atoms with E-state index in [0.717, 1.165) is 19.3 Å². The van der Waals surface area contributed by atoms with Crippen LogP contribution in [0.2, 0.25) is 0 Å². The SMILES string of the molecule is NCC1CCCCC1CNS(=O)(=O)c1cnc[nH]1. The van der Waals surface area contributed by atoms with Crippen LogP contribution in [0.4, 0.5) is 0 Å². The maximum atomic E-state index is 11.9. The van der Waals surface area contributed by atoms with E-state index < -0.39 is 10.0 Å². The van der Waals surface area contributed by atoms with E-state index in [1.165, 1.54) is 18.9 Å². The van der Waals surface area contributed by atoms with Crippen molar-refractivity contribution in [3.63, 3.8) is 0 Å². The lowest BCUT2D eigenvalue weighted by Crippen LogP contribution is -2.37. The van der Waals surface area contributed by atoms with Gasteiger partial charge >= 0.3 is 0 Å². The van der Waals surface area contributed by atoms with Gasteiger partial charge in [-0.25, -0.2) is 18.1 Å². The standard InChI is InChI=1S/C11H20N4O2S/c12-5-9-3-1-2-4-10(9)6-15-18(16,17)11-7-13-8-14-11/h7-10,15H,1-6,12H2,(H,13,14). The molecule has 6 nitrogen and oxygen atoms in total. The summed E-state index contributed by atoms with van der Waals surface area (Å²) in [4.78, 5) is 6.32. The molecule has 0 bridgehead atoms. The van der Waals surface area contributed by atoms with Crippen LogP contribution in [-0.2, 0) is 10.0 Å². The summed E-state index contributed by atoms with van der Waals surface area (Å²) in [6.45, 7) is 1.10. The van der Waals surface area contributed by atoms with Crippen molar-refractivity contribution in [2.24, 2.45) is 17.6 Å². The zero-order valence-electron chi connectivity index (χ0n) is 10.3. The molecule has 0 aliphatic heterocycles. The Balaban J connectivity index is 1.94. The third-order valence-electron chi connectivity index (χ3n) is 3.67. The third kappa shape index (κ3) is 3.09. The lowest BCUT2D eigenvalue weighted by Gasteiger charge is -2.30. The summed E-state index contributed by atoms with van der Waals surface area (Å²) in [5, 5.41) is 0.114. The van der Waals surface area contributed by atoms with E-state index in [1.807, 2.05) is 0 Å². The first-order valence-electron chi connectivity index (χ1n) is 6.31. The van der Waals surface area contributed by atoms with Crippen LogP contribution in [0.5, 0.6) is 0 Å². The minimum atomic E-state index is -3.46. The summed E-state index contributed by atoms with van der Waals surface area (Å²) in [5.74, 6) is 0.782. The average molecular weight is 272 g/mol. The lowest BCUT2D eigenvalue weighted by atomic mass is 9.79. The van der Waals surface area contributed by atoms with Gasteiger partial charge in [-0.3, -0.25) is 0 Å². The molecule has 4 N–H and O–H groups in total. The fourth-order valence-corrected chi connectivity index (χ4v) is 3.54. The van der Waals surface area contributed by atoms with E-state index in [0.29, 0.717) is 24.9 Å². The van der Waals surface area contributed by atoms with E-state index in [1.54, 1.807) is 0 Å². The maximum Gasteiger partial charge on any atom is 0.257 e. The number of imidazole rings is 1. The molecule has 0 amide bonds. The van der Waals surface area contributed by atoms with Gasteiger partial charge in [-0.15, -0.1) is 0 Å². The molecule has 18 heavy (non-hydrogen) atoms. The number of rotatable bonds is 5. The van der Waals surface area contributed by atoms with Crippen LogP contribution in [-0.4, -0.2) is 31.5 Å². The molecular weight excluding hydrogens is 252 g/mol. The highest BCUT2D eigenvalue weighted by molar-refractivity contribution is 7.89. The molecule has 1 aromatic rings. The second-order valence-corrected chi connectivity index (χ2v) is 6.54. The Hall–Kier alpha value is -0.920. The predicted octanol–water partition coefficient (Wildman–Crippen LogP) is 0.453. The van der Waals surface area contributed by atoms with Crippen molar-refractivity contribution in [1.29, 1.82) is 0 Å². The molecule has 1 heterocycles. The quantitative estimate of drug-likeness (QED) is 0.724. The van der Waals surface area contributed by atoms with Crippen molar-refractivity contribution in [2.75, 3.05) is 13.1 Å². The van der Waals surface area contributed by atoms with Crippen molar-refractivity contribution >= 4 is 10.0 Å². The molecule has 0 spiro atoms. The summed E-state index contributed by atoms with van der Waals surface area (Å²) in [5.41, 5.74) is 5.73. The average Bonchev–Trinajstić information content (AvgIpc) is 2.91. The fraction of sp³-hybridized carbons (Fsp3) is 0.727. The largest absolute Gasteiger partial charge is 0.335 e. The Labute approximate surface area is 107 Å². The van der Waals surface area contributed by atoms with Crippen LogP contribution < -0.4 is 10.5 Å². The number of aromatic amines is 1. The number of sulfonamides is 1. The molecule has 0 radical (unpaired) electrons. The zero-order chi connectivity index (χ0) is 13.0. The first-order valence-corrected chi connectivity index (χ1v) is 7.80. The van der Waals surface area contributed by atoms with Gasteiger partial charge in [-0.2, -0.15) is 0 Å². The van der Waals surface area contributed by atoms with Gasteiger partial charge in [0.25, 0.3) is 10.0 Å². The zero-order valence-corrected chi connectivity index (χ0v) is 11.1.